The summed E-state index contributed by atoms with van der Waals surface area (Å²) >= 11 is 6.13. The minimum Gasteiger partial charge on any atom is -0.492 e. The number of rotatable bonds is 10. The number of para-hydroxylation sites is 1. The molecule has 4 aromatic rings. The van der Waals surface area contributed by atoms with E-state index in [1.807, 2.05) is 30.3 Å². The van der Waals surface area contributed by atoms with E-state index in [-0.39, 0.29) is 0 Å². The molecule has 0 radical (unpaired) electrons. The van der Waals surface area contributed by atoms with Crippen molar-refractivity contribution in [3.63, 3.8) is 0 Å². The number of carbonyl (C=O) groups excluding carboxylic acids is 1. The van der Waals surface area contributed by atoms with Gasteiger partial charge in [0.1, 0.15) is 12.4 Å². The second kappa shape index (κ2) is 11.6. The number of nitrogens with zero attached hydrogens (tertiary/aromatic N) is 1. The maximum absolute atomic E-state index is 11.4. The van der Waals surface area contributed by atoms with Gasteiger partial charge >= 0.3 is 0 Å². The van der Waals surface area contributed by atoms with Gasteiger partial charge in [0.05, 0.1) is 0 Å². The monoisotopic (exact) mass is 515 g/mol. The highest BCUT2D eigenvalue weighted by atomic mass is 35.5. The molecule has 1 atom stereocenters. The molecule has 0 aliphatic heterocycles. The van der Waals surface area contributed by atoms with E-state index in [9.17, 15) is 4.79 Å². The minimum atomic E-state index is -0.540. The number of H-pyrrole nitrogens is 1. The van der Waals surface area contributed by atoms with Gasteiger partial charge in [-0.3, -0.25) is 14.9 Å². The van der Waals surface area contributed by atoms with Crippen molar-refractivity contribution in [3.05, 3.63) is 106 Å². The highest BCUT2D eigenvalue weighted by Gasteiger charge is 2.28. The quantitative estimate of drug-likeness (QED) is 0.138. The molecular weight excluding hydrogens is 486 g/mol. The molecule has 5 rings (SSSR count). The molecular formula is C30H30ClN3O3. The topological polar surface area (TPSA) is 77.6 Å². The molecule has 3 N–H and O–H groups in total. The Morgan fingerprint density at radius 3 is 2.89 bits per heavy atom. The summed E-state index contributed by atoms with van der Waals surface area (Å²) in [6, 6.07) is 22.6. The summed E-state index contributed by atoms with van der Waals surface area (Å²) in [5, 5.41) is 10.7. The normalized spacial score (nSPS) is 14.9. The lowest BCUT2D eigenvalue weighted by Crippen LogP contribution is -2.33. The molecule has 7 heteroatoms. The van der Waals surface area contributed by atoms with E-state index in [1.54, 1.807) is 11.6 Å². The van der Waals surface area contributed by atoms with Crippen LogP contribution in [0.25, 0.3) is 17.0 Å². The third-order valence-electron chi connectivity index (χ3n) is 6.98. The van der Waals surface area contributed by atoms with Crippen molar-refractivity contribution in [3.8, 4) is 5.75 Å². The highest BCUT2D eigenvalue weighted by molar-refractivity contribution is 6.30. The Morgan fingerprint density at radius 2 is 2.03 bits per heavy atom. The Bertz CT molecular complexity index is 1410. The van der Waals surface area contributed by atoms with Crippen LogP contribution in [0.5, 0.6) is 5.75 Å². The van der Waals surface area contributed by atoms with Crippen LogP contribution in [0.3, 0.4) is 0 Å². The van der Waals surface area contributed by atoms with E-state index >= 15 is 0 Å². The van der Waals surface area contributed by atoms with E-state index in [1.165, 1.54) is 28.2 Å². The van der Waals surface area contributed by atoms with Gasteiger partial charge in [-0.1, -0.05) is 54.1 Å². The molecule has 1 amide bonds. The zero-order valence-electron chi connectivity index (χ0n) is 20.5. The number of nitrogens with one attached hydrogen (secondary N) is 2. The standard InChI is InChI=1S/C30H30ClN3O3/c31-24-4-3-5-25(19-24)37-17-16-34(15-14-23-20-32-28-7-2-1-6-26(23)28)29-12-10-22-18-21(8-11-27(22)29)9-13-30(35)33-36/h1-9,11,13,18-20,29,32,36H,10,12,14-17H2,(H,33,35). The average molecular weight is 516 g/mol. The molecule has 1 aliphatic rings. The van der Waals surface area contributed by atoms with E-state index in [2.05, 4.69) is 52.5 Å². The molecule has 1 aromatic heterocycles. The van der Waals surface area contributed by atoms with Crippen molar-refractivity contribution >= 4 is 34.5 Å². The molecule has 1 heterocycles. The number of fused-ring (bicyclic) bond motifs is 2. The first-order chi connectivity index (χ1) is 18.1. The molecule has 0 fully saturated rings. The predicted molar refractivity (Wildman–Crippen MR) is 147 cm³/mol. The lowest BCUT2D eigenvalue weighted by atomic mass is 10.0. The molecule has 37 heavy (non-hydrogen) atoms. The second-order valence-electron chi connectivity index (χ2n) is 9.27. The number of ether oxygens (including phenoxy) is 1. The van der Waals surface area contributed by atoms with Crippen LogP contribution in [0.4, 0.5) is 0 Å². The zero-order valence-corrected chi connectivity index (χ0v) is 21.2. The maximum Gasteiger partial charge on any atom is 0.267 e. The summed E-state index contributed by atoms with van der Waals surface area (Å²) < 4.78 is 6.06. The van der Waals surface area contributed by atoms with E-state index in [4.69, 9.17) is 21.5 Å². The van der Waals surface area contributed by atoms with Crippen LogP contribution < -0.4 is 10.2 Å². The Balaban J connectivity index is 1.33. The fourth-order valence-electron chi connectivity index (χ4n) is 5.17. The van der Waals surface area contributed by atoms with E-state index in [0.717, 1.165) is 49.2 Å². The summed E-state index contributed by atoms with van der Waals surface area (Å²) in [5.74, 6) is 0.237. The first-order valence-electron chi connectivity index (χ1n) is 12.5. The van der Waals surface area contributed by atoms with Crippen molar-refractivity contribution in [1.29, 1.82) is 0 Å². The summed E-state index contributed by atoms with van der Waals surface area (Å²) in [6.45, 7) is 2.26. The Kier molecular flexibility index (Phi) is 7.90. The Morgan fingerprint density at radius 1 is 1.14 bits per heavy atom. The number of carbonyl (C=O) groups is 1. The summed E-state index contributed by atoms with van der Waals surface area (Å²) in [4.78, 5) is 17.3. The lowest BCUT2D eigenvalue weighted by Gasteiger charge is -2.29. The number of amides is 1. The smallest absolute Gasteiger partial charge is 0.267 e. The summed E-state index contributed by atoms with van der Waals surface area (Å²) in [5.41, 5.74) is 7.67. The Hall–Kier alpha value is -3.58. The highest BCUT2D eigenvalue weighted by Crippen LogP contribution is 2.37. The van der Waals surface area contributed by atoms with Gasteiger partial charge in [-0.05, 0) is 71.9 Å². The second-order valence-corrected chi connectivity index (χ2v) is 9.71. The van der Waals surface area contributed by atoms with E-state index in [0.29, 0.717) is 17.7 Å². The minimum absolute atomic E-state index is 0.293. The predicted octanol–water partition coefficient (Wildman–Crippen LogP) is 5.95. The lowest BCUT2D eigenvalue weighted by molar-refractivity contribution is -0.124. The summed E-state index contributed by atoms with van der Waals surface area (Å²) in [6.07, 6.45) is 8.11. The van der Waals surface area contributed by atoms with Crippen LogP contribution in [0, 0.1) is 0 Å². The number of aromatic amines is 1. The molecule has 0 saturated heterocycles. The SMILES string of the molecule is O=C(C=Cc1ccc2c(c1)CCC2N(CCOc1cccc(Cl)c1)CCc1c[nH]c2ccccc12)NO. The third kappa shape index (κ3) is 6.05. The number of aryl methyl sites for hydroxylation is 1. The molecule has 0 spiro atoms. The van der Waals surface area contributed by atoms with Crippen LogP contribution in [-0.2, 0) is 17.6 Å². The van der Waals surface area contributed by atoms with Crippen LogP contribution in [0.1, 0.15) is 34.7 Å². The first kappa shape index (κ1) is 25.1. The zero-order chi connectivity index (χ0) is 25.6. The Labute approximate surface area is 221 Å². The van der Waals surface area contributed by atoms with Crippen LogP contribution in [0.15, 0.2) is 79.0 Å². The van der Waals surface area contributed by atoms with Crippen LogP contribution in [0.2, 0.25) is 5.02 Å². The molecule has 190 valence electrons. The van der Waals surface area contributed by atoms with Crippen molar-refractivity contribution in [2.75, 3.05) is 19.7 Å². The van der Waals surface area contributed by atoms with Gasteiger partial charge in [-0.15, -0.1) is 0 Å². The van der Waals surface area contributed by atoms with Gasteiger partial charge < -0.3 is 9.72 Å². The number of halogens is 1. The molecule has 0 saturated carbocycles. The molecule has 1 aliphatic carbocycles. The van der Waals surface area contributed by atoms with Crippen molar-refractivity contribution in [1.82, 2.24) is 15.4 Å². The largest absolute Gasteiger partial charge is 0.492 e. The van der Waals surface area contributed by atoms with Crippen LogP contribution >= 0.6 is 11.6 Å². The first-order valence-corrected chi connectivity index (χ1v) is 12.9. The molecule has 0 bridgehead atoms. The average Bonchev–Trinajstić information content (AvgIpc) is 3.53. The number of aromatic nitrogens is 1. The third-order valence-corrected chi connectivity index (χ3v) is 7.21. The van der Waals surface area contributed by atoms with Crippen LogP contribution in [-0.4, -0.2) is 40.7 Å². The number of hydrogen-bond donors (Lipinski definition) is 3. The van der Waals surface area contributed by atoms with Crippen molar-refractivity contribution in [2.45, 2.75) is 25.3 Å². The maximum atomic E-state index is 11.4. The molecule has 1 unspecified atom stereocenters. The number of benzene rings is 3. The number of hydrogen-bond acceptors (Lipinski definition) is 4. The molecule has 3 aromatic carbocycles. The number of hydroxylamine groups is 1. The van der Waals surface area contributed by atoms with Gasteiger partial charge in [0.2, 0.25) is 0 Å². The fourth-order valence-corrected chi connectivity index (χ4v) is 5.35. The fraction of sp³-hybridized carbons (Fsp3) is 0.233. The van der Waals surface area contributed by atoms with Gasteiger partial charge in [0, 0.05) is 47.3 Å². The van der Waals surface area contributed by atoms with Gasteiger partial charge in [0.25, 0.3) is 5.91 Å². The summed E-state index contributed by atoms with van der Waals surface area (Å²) in [7, 11) is 0. The van der Waals surface area contributed by atoms with E-state index < -0.39 is 5.91 Å². The van der Waals surface area contributed by atoms with Crippen molar-refractivity contribution in [2.24, 2.45) is 0 Å². The van der Waals surface area contributed by atoms with Gasteiger partial charge in [-0.2, -0.15) is 0 Å². The van der Waals surface area contributed by atoms with Gasteiger partial charge in [0.15, 0.2) is 0 Å². The van der Waals surface area contributed by atoms with Crippen molar-refractivity contribution < 1.29 is 14.7 Å². The molecule has 6 nitrogen and oxygen atoms in total. The van der Waals surface area contributed by atoms with Gasteiger partial charge in [-0.25, -0.2) is 5.48 Å².